The molecule has 9 heteroatoms. The van der Waals surface area contributed by atoms with Crippen molar-refractivity contribution in [1.82, 2.24) is 9.55 Å². The Morgan fingerprint density at radius 2 is 1.55 bits per heavy atom. The molecule has 1 aromatic heterocycles. The Labute approximate surface area is 227 Å². The molecular weight excluding hydrogens is 489 g/mol. The van der Waals surface area contributed by atoms with E-state index in [0.717, 1.165) is 30.0 Å². The van der Waals surface area contributed by atoms with Gasteiger partial charge < -0.3 is 19.9 Å². The van der Waals surface area contributed by atoms with Gasteiger partial charge in [-0.15, -0.1) is 0 Å². The van der Waals surface area contributed by atoms with Crippen molar-refractivity contribution in [2.75, 3.05) is 18.5 Å². The molecule has 0 amide bonds. The molecule has 1 fully saturated rings. The monoisotopic (exact) mass is 539 g/mol. The van der Waals surface area contributed by atoms with E-state index in [-0.39, 0.29) is 18.8 Å². The molecular formula is C29H50FN3O5. The van der Waals surface area contributed by atoms with E-state index in [9.17, 15) is 19.1 Å². The first-order valence-electron chi connectivity index (χ1n) is 14.9. The zero-order valence-electron chi connectivity index (χ0n) is 23.6. The van der Waals surface area contributed by atoms with Crippen LogP contribution in [-0.4, -0.2) is 46.0 Å². The average Bonchev–Trinajstić information content (AvgIpc) is 3.29. The summed E-state index contributed by atoms with van der Waals surface area (Å²) in [5.41, 5.74) is -0.661. The molecule has 0 unspecified atom stereocenters. The Kier molecular flexibility index (Phi) is 16.2. The molecule has 1 aliphatic heterocycles. The Balaban J connectivity index is 1.54. The van der Waals surface area contributed by atoms with E-state index in [1.807, 2.05) is 0 Å². The lowest BCUT2D eigenvalue weighted by atomic mass is 10.0. The predicted molar refractivity (Wildman–Crippen MR) is 148 cm³/mol. The number of anilines is 1. The van der Waals surface area contributed by atoms with Gasteiger partial charge in [0, 0.05) is 19.9 Å². The molecule has 0 saturated carbocycles. The number of hydrogen-bond acceptors (Lipinski definition) is 7. The molecule has 2 N–H and O–H groups in total. The number of aliphatic hydroxyl groups excluding tert-OH is 1. The lowest BCUT2D eigenvalue weighted by molar-refractivity contribution is -0.150. The molecule has 0 aromatic carbocycles. The highest BCUT2D eigenvalue weighted by molar-refractivity contribution is 5.66. The minimum absolute atomic E-state index is 0.0690. The number of carbonyl (C=O) groups is 1. The summed E-state index contributed by atoms with van der Waals surface area (Å²) in [6.07, 6.45) is 19.5. The van der Waals surface area contributed by atoms with Gasteiger partial charge in [-0.25, -0.2) is 9.18 Å². The molecule has 2 rings (SSSR count). The van der Waals surface area contributed by atoms with Crippen molar-refractivity contribution in [3.05, 3.63) is 22.5 Å². The number of esters is 1. The lowest BCUT2D eigenvalue weighted by Gasteiger charge is -2.15. The van der Waals surface area contributed by atoms with Crippen molar-refractivity contribution >= 4 is 11.8 Å². The van der Waals surface area contributed by atoms with Gasteiger partial charge in [-0.05, 0) is 6.42 Å². The third-order valence-electron chi connectivity index (χ3n) is 7.22. The summed E-state index contributed by atoms with van der Waals surface area (Å²) in [5, 5.41) is 12.4. The second-order valence-electron chi connectivity index (χ2n) is 10.6. The van der Waals surface area contributed by atoms with Crippen LogP contribution in [0.3, 0.4) is 0 Å². The average molecular weight is 540 g/mol. The minimum atomic E-state index is -0.861. The van der Waals surface area contributed by atoms with Gasteiger partial charge >= 0.3 is 11.7 Å². The van der Waals surface area contributed by atoms with Crippen molar-refractivity contribution < 1.29 is 23.8 Å². The van der Waals surface area contributed by atoms with Crippen LogP contribution in [0.15, 0.2) is 11.0 Å². The van der Waals surface area contributed by atoms with Gasteiger partial charge in [0.2, 0.25) is 0 Å². The molecule has 38 heavy (non-hydrogen) atoms. The van der Waals surface area contributed by atoms with Gasteiger partial charge in [0.15, 0.2) is 11.6 Å². The van der Waals surface area contributed by atoms with Gasteiger partial charge in [-0.3, -0.25) is 9.36 Å². The highest BCUT2D eigenvalue weighted by Crippen LogP contribution is 2.30. The highest BCUT2D eigenvalue weighted by Gasteiger charge is 2.38. The molecule has 1 aromatic rings. The summed E-state index contributed by atoms with van der Waals surface area (Å²) in [5.74, 6) is -1.23. The Hall–Kier alpha value is -2.00. The lowest BCUT2D eigenvalue weighted by Crippen LogP contribution is -2.29. The summed E-state index contributed by atoms with van der Waals surface area (Å²) in [7, 11) is 0. The van der Waals surface area contributed by atoms with Gasteiger partial charge in [0.25, 0.3) is 0 Å². The van der Waals surface area contributed by atoms with E-state index in [0.29, 0.717) is 6.54 Å². The first-order valence-corrected chi connectivity index (χ1v) is 14.9. The summed E-state index contributed by atoms with van der Waals surface area (Å²) >= 11 is 0. The van der Waals surface area contributed by atoms with Gasteiger partial charge in [0.1, 0.15) is 18.4 Å². The molecule has 0 spiro atoms. The fraction of sp³-hybridized carbons (Fsp3) is 0.828. The Bertz CT molecular complexity index is 850. The number of nitrogens with one attached hydrogen (secondary N) is 1. The summed E-state index contributed by atoms with van der Waals surface area (Å²) in [6.45, 7) is 3.69. The third-order valence-corrected chi connectivity index (χ3v) is 7.22. The van der Waals surface area contributed by atoms with E-state index in [2.05, 4.69) is 17.2 Å². The van der Waals surface area contributed by atoms with Crippen LogP contribution in [0, 0.1) is 5.82 Å². The number of aromatic nitrogens is 2. The number of aliphatic hydroxyl groups is 1. The first kappa shape index (κ1) is 32.2. The van der Waals surface area contributed by atoms with Crippen LogP contribution in [-0.2, 0) is 14.3 Å². The number of nitrogens with zero attached hydrogens (tertiary/aromatic N) is 2. The van der Waals surface area contributed by atoms with Crippen molar-refractivity contribution in [3.63, 3.8) is 0 Å². The number of ether oxygens (including phenoxy) is 2. The van der Waals surface area contributed by atoms with Crippen LogP contribution >= 0.6 is 0 Å². The first-order chi connectivity index (χ1) is 18.5. The molecule has 0 radical (unpaired) electrons. The minimum Gasteiger partial charge on any atom is -0.460 e. The van der Waals surface area contributed by atoms with Gasteiger partial charge in [0.05, 0.1) is 12.8 Å². The van der Waals surface area contributed by atoms with Crippen LogP contribution in [0.2, 0.25) is 0 Å². The standard InChI is InChI=1S/C29H50FN3O5/c1-3-4-5-6-7-8-9-10-11-12-13-14-15-16-17-18-19-31-28-24(30)21-33(29(36)32-28)27-20-25(37-23(2)35)26(22-34)38-27/h21,25-27,34H,3-20,22H2,1-2H3,(H,31,32,36)/t25-,26+,27+/m0/s1. The molecule has 1 aliphatic rings. The van der Waals surface area contributed by atoms with E-state index in [4.69, 9.17) is 9.47 Å². The van der Waals surface area contributed by atoms with E-state index in [1.165, 1.54) is 90.4 Å². The summed E-state index contributed by atoms with van der Waals surface area (Å²) in [4.78, 5) is 27.6. The van der Waals surface area contributed by atoms with Gasteiger partial charge in [-0.2, -0.15) is 4.98 Å². The maximum atomic E-state index is 14.6. The molecule has 0 aliphatic carbocycles. The molecule has 8 nitrogen and oxygen atoms in total. The fourth-order valence-electron chi connectivity index (χ4n) is 5.03. The molecule has 1 saturated heterocycles. The van der Waals surface area contributed by atoms with Gasteiger partial charge in [-0.1, -0.05) is 103 Å². The smallest absolute Gasteiger partial charge is 0.351 e. The number of carbonyl (C=O) groups excluding carboxylic acids is 1. The van der Waals surface area contributed by atoms with Crippen LogP contribution in [0.25, 0.3) is 0 Å². The van der Waals surface area contributed by atoms with Crippen molar-refractivity contribution in [3.8, 4) is 0 Å². The Morgan fingerprint density at radius 1 is 1.03 bits per heavy atom. The van der Waals surface area contributed by atoms with Crippen molar-refractivity contribution in [1.29, 1.82) is 0 Å². The molecule has 3 atom stereocenters. The molecule has 2 heterocycles. The second-order valence-corrected chi connectivity index (χ2v) is 10.6. The van der Waals surface area contributed by atoms with Crippen LogP contribution in [0.4, 0.5) is 10.2 Å². The van der Waals surface area contributed by atoms with Crippen molar-refractivity contribution in [2.24, 2.45) is 0 Å². The van der Waals surface area contributed by atoms with Crippen LogP contribution in [0.1, 0.15) is 129 Å². The summed E-state index contributed by atoms with van der Waals surface area (Å²) < 4.78 is 26.4. The number of rotatable bonds is 21. The summed E-state index contributed by atoms with van der Waals surface area (Å²) in [6, 6.07) is 0. The second kappa shape index (κ2) is 19.1. The normalized spacial score (nSPS) is 19.1. The van der Waals surface area contributed by atoms with Crippen molar-refractivity contribution in [2.45, 2.75) is 141 Å². The molecule has 0 bridgehead atoms. The molecule has 218 valence electrons. The number of unbranched alkanes of at least 4 members (excludes halogenated alkanes) is 15. The third kappa shape index (κ3) is 12.2. The van der Waals surface area contributed by atoms with Crippen LogP contribution in [0.5, 0.6) is 0 Å². The van der Waals surface area contributed by atoms with E-state index in [1.54, 1.807) is 0 Å². The topological polar surface area (TPSA) is 103 Å². The number of hydrogen-bond donors (Lipinski definition) is 2. The van der Waals surface area contributed by atoms with Crippen LogP contribution < -0.4 is 11.0 Å². The largest absolute Gasteiger partial charge is 0.460 e. The Morgan fingerprint density at radius 3 is 2.05 bits per heavy atom. The quantitative estimate of drug-likeness (QED) is 0.140. The number of halogens is 1. The predicted octanol–water partition coefficient (Wildman–Crippen LogP) is 6.27. The zero-order chi connectivity index (χ0) is 27.6. The van der Waals surface area contributed by atoms with E-state index >= 15 is 0 Å². The fourth-order valence-corrected chi connectivity index (χ4v) is 5.03. The van der Waals surface area contributed by atoms with E-state index < -0.39 is 35.9 Å². The SMILES string of the molecule is CCCCCCCCCCCCCCCCCCNc1nc(=O)n([C@H]2C[C@H](OC(C)=O)[C@@H](CO)O2)cc1F. The highest BCUT2D eigenvalue weighted by atomic mass is 19.1. The maximum absolute atomic E-state index is 14.6. The maximum Gasteiger partial charge on any atom is 0.351 e. The zero-order valence-corrected chi connectivity index (χ0v) is 23.6.